The number of imidazole rings is 1. The van der Waals surface area contributed by atoms with Crippen LogP contribution in [-0.2, 0) is 81.9 Å². The summed E-state index contributed by atoms with van der Waals surface area (Å²) >= 11 is 2.87. The number of phenolic OH excluding ortho intramolecular Hbond substituents is 1. The zero-order chi connectivity index (χ0) is 67.1. The maximum atomic E-state index is 14.5. The van der Waals surface area contributed by atoms with Crippen molar-refractivity contribution in [2.24, 2.45) is 16.9 Å². The topological polar surface area (TPSA) is 487 Å². The second-order valence-corrected chi connectivity index (χ2v) is 24.4. The second kappa shape index (κ2) is 38.9. The molecule has 1 aromatic heterocycles. The molecule has 0 aliphatic heterocycles. The summed E-state index contributed by atoms with van der Waals surface area (Å²) in [4.78, 5) is 163. The van der Waals surface area contributed by atoms with Gasteiger partial charge in [0.2, 0.25) is 70.9 Å². The van der Waals surface area contributed by atoms with Crippen molar-refractivity contribution < 1.29 is 78.0 Å². The number of amides is 12. The number of hydrogen-bond donors (Lipinski definition) is 17. The minimum atomic E-state index is -1.73. The molecule has 496 valence electrons. The Kier molecular flexibility index (Phi) is 32.8. The van der Waals surface area contributed by atoms with Gasteiger partial charge in [0.1, 0.15) is 48.0 Å². The average Bonchev–Trinajstić information content (AvgIpc) is 2.22. The monoisotopic (exact) mass is 1300 g/mol. The first-order chi connectivity index (χ1) is 42.5. The maximum absolute atomic E-state index is 14.5. The lowest BCUT2D eigenvalue weighted by molar-refractivity contribution is -0.136. The number of benzene rings is 2. The Labute approximate surface area is 529 Å². The van der Waals surface area contributed by atoms with Gasteiger partial charge in [0.25, 0.3) is 0 Å². The fourth-order valence-electron chi connectivity index (χ4n) is 8.44. The number of nitrogens with zero attached hydrogens (tertiary/aromatic N) is 1. The number of thioether (sulfide) groups is 2. The smallest absolute Gasteiger partial charge is 0.245 e. The lowest BCUT2D eigenvalue weighted by Gasteiger charge is -2.32. The van der Waals surface area contributed by atoms with Crippen LogP contribution in [0.4, 0.5) is 0 Å². The predicted octanol–water partition coefficient (Wildman–Crippen LogP) is -3.45. The highest BCUT2D eigenvalue weighted by Crippen LogP contribution is 2.22. The highest BCUT2D eigenvalue weighted by atomic mass is 32.2. The molecule has 0 bridgehead atoms. The van der Waals surface area contributed by atoms with Crippen LogP contribution in [0.5, 0.6) is 5.75 Å². The van der Waals surface area contributed by atoms with E-state index in [1.807, 2.05) is 24.3 Å². The summed E-state index contributed by atoms with van der Waals surface area (Å²) in [5.74, 6) is -7.91. The molecule has 0 saturated heterocycles. The molecule has 3 rings (SSSR count). The van der Waals surface area contributed by atoms with Gasteiger partial charge >= 0.3 is 0 Å². The van der Waals surface area contributed by atoms with Crippen LogP contribution in [0, 0.1) is 5.41 Å². The molecule has 12 amide bonds. The normalized spacial score (nSPS) is 14.2. The van der Waals surface area contributed by atoms with Crippen molar-refractivity contribution in [3.05, 3.63) is 83.4 Å². The molecule has 0 aliphatic rings. The van der Waals surface area contributed by atoms with Gasteiger partial charge in [-0.1, -0.05) is 70.5 Å². The van der Waals surface area contributed by atoms with E-state index in [0.717, 1.165) is 11.1 Å². The molecular weight excluding hydrogens is 1210 g/mol. The number of nitrogens with one attached hydrogen (secondary N) is 11. The van der Waals surface area contributed by atoms with Crippen LogP contribution >= 0.6 is 23.5 Å². The van der Waals surface area contributed by atoms with Crippen LogP contribution in [0.3, 0.4) is 0 Å². The van der Waals surface area contributed by atoms with Crippen LogP contribution in [-0.4, -0.2) is 194 Å². The third kappa shape index (κ3) is 28.9. The van der Waals surface area contributed by atoms with Gasteiger partial charge in [-0.25, -0.2) is 4.98 Å². The average molecular weight is 1300 g/mol. The maximum Gasteiger partial charge on any atom is 0.245 e. The number of aromatic amines is 1. The van der Waals surface area contributed by atoms with Gasteiger partial charge < -0.3 is 90.0 Å². The van der Waals surface area contributed by atoms with Crippen LogP contribution in [0.25, 0.3) is 0 Å². The molecule has 19 N–H and O–H groups in total. The first kappa shape index (κ1) is 75.9. The Morgan fingerprint density at radius 3 is 1.74 bits per heavy atom. The number of phenols is 1. The molecule has 1 heterocycles. The van der Waals surface area contributed by atoms with Gasteiger partial charge in [-0.2, -0.15) is 23.5 Å². The number of rotatable bonds is 40. The number of aromatic hydroxyl groups is 1. The number of aromatic nitrogens is 2. The molecule has 0 fully saturated rings. The van der Waals surface area contributed by atoms with E-state index in [9.17, 15) is 72.9 Å². The third-order valence-electron chi connectivity index (χ3n) is 13.2. The molecule has 30 nitrogen and oxygen atoms in total. The molecule has 90 heavy (non-hydrogen) atoms. The van der Waals surface area contributed by atoms with Crippen LogP contribution < -0.4 is 64.6 Å². The molecule has 0 saturated carbocycles. The summed E-state index contributed by atoms with van der Waals surface area (Å²) in [6.07, 6.45) is -0.0441. The minimum Gasteiger partial charge on any atom is -0.508 e. The minimum absolute atomic E-state index is 0.0153. The Hall–Kier alpha value is -8.33. The zero-order valence-corrected chi connectivity index (χ0v) is 52.8. The summed E-state index contributed by atoms with van der Waals surface area (Å²) in [6, 6.07) is 4.33. The van der Waals surface area contributed by atoms with Crippen LogP contribution in [0.1, 0.15) is 96.0 Å². The fraction of sp³-hybridized carbons (Fsp3) is 0.534. The van der Waals surface area contributed by atoms with Crippen molar-refractivity contribution in [3.63, 3.8) is 0 Å². The lowest BCUT2D eigenvalue weighted by Crippen LogP contribution is -2.61. The Balaban J connectivity index is 1.68. The predicted molar refractivity (Wildman–Crippen MR) is 332 cm³/mol. The summed E-state index contributed by atoms with van der Waals surface area (Å²) in [5, 5.41) is 64.1. The van der Waals surface area contributed by atoms with Gasteiger partial charge in [-0.3, -0.25) is 57.5 Å². The highest BCUT2D eigenvalue weighted by molar-refractivity contribution is 7.98. The number of H-pyrrole nitrogens is 1. The molecule has 0 aliphatic carbocycles. The molecule has 9 atom stereocenters. The van der Waals surface area contributed by atoms with Crippen molar-refractivity contribution in [1.82, 2.24) is 63.1 Å². The van der Waals surface area contributed by atoms with E-state index in [0.29, 0.717) is 34.9 Å². The Morgan fingerprint density at radius 1 is 0.600 bits per heavy atom. The van der Waals surface area contributed by atoms with Gasteiger partial charge in [0.05, 0.1) is 44.6 Å². The number of primary amides is 2. The molecule has 1 unspecified atom stereocenters. The largest absolute Gasteiger partial charge is 0.508 e. The van der Waals surface area contributed by atoms with E-state index in [2.05, 4.69) is 63.1 Å². The fourth-order valence-corrected chi connectivity index (χ4v) is 10.4. The van der Waals surface area contributed by atoms with Crippen molar-refractivity contribution in [1.29, 1.82) is 0 Å². The van der Waals surface area contributed by atoms with E-state index in [1.165, 1.54) is 74.2 Å². The van der Waals surface area contributed by atoms with Crippen molar-refractivity contribution in [2.45, 2.75) is 152 Å². The summed E-state index contributed by atoms with van der Waals surface area (Å²) in [7, 11) is 0. The van der Waals surface area contributed by atoms with E-state index < -0.39 is 157 Å². The summed E-state index contributed by atoms with van der Waals surface area (Å²) in [5.41, 5.74) is 12.5. The number of hydrogen-bond acceptors (Lipinski definition) is 19. The van der Waals surface area contributed by atoms with E-state index in [-0.39, 0.29) is 50.0 Å². The van der Waals surface area contributed by atoms with Crippen LogP contribution in [0.2, 0.25) is 0 Å². The molecule has 32 heteroatoms. The molecule has 0 radical (unpaired) electrons. The van der Waals surface area contributed by atoms with E-state index in [4.69, 9.17) is 16.6 Å². The van der Waals surface area contributed by atoms with Crippen molar-refractivity contribution >= 4 is 94.4 Å². The van der Waals surface area contributed by atoms with Crippen LogP contribution in [0.15, 0.2) is 61.1 Å². The van der Waals surface area contributed by atoms with E-state index >= 15 is 0 Å². The van der Waals surface area contributed by atoms with Gasteiger partial charge in [-0.15, -0.1) is 0 Å². The van der Waals surface area contributed by atoms with E-state index in [1.54, 1.807) is 27.7 Å². The first-order valence-corrected chi connectivity index (χ1v) is 31.3. The Morgan fingerprint density at radius 2 is 1.17 bits per heavy atom. The second-order valence-electron chi connectivity index (χ2n) is 22.2. The molecule has 3 aromatic rings. The number of aliphatic hydroxyl groups is 3. The lowest BCUT2D eigenvalue weighted by atomic mass is 9.85. The summed E-state index contributed by atoms with van der Waals surface area (Å²) in [6.45, 7) is 7.11. The van der Waals surface area contributed by atoms with Gasteiger partial charge in [0, 0.05) is 60.8 Å². The molecule has 0 spiro atoms. The molecule has 2 aromatic carbocycles. The highest BCUT2D eigenvalue weighted by Gasteiger charge is 2.37. The first-order valence-electron chi connectivity index (χ1n) is 28.9. The number of carbonyl (C=O) groups is 12. The molecular formula is C58H86N14O16S2. The van der Waals surface area contributed by atoms with Crippen molar-refractivity contribution in [3.8, 4) is 5.75 Å². The Bertz CT molecular complexity index is 2890. The number of carbonyl (C=O) groups excluding carboxylic acids is 12. The van der Waals surface area contributed by atoms with Gasteiger partial charge in [-0.05, 0) is 60.9 Å². The van der Waals surface area contributed by atoms with Crippen molar-refractivity contribution in [2.75, 3.05) is 37.7 Å². The standard InChI is InChI=1S/C58H86N14O16S2/c1-7-9-40(53(84)63-25-46(79)62-26-47(80)66-39(16-18-73)51(59)82)67-48(81)27-64-56(87)49(33(3)75)72-55(86)42(23-37-24-61-31-65-37)69-54(85)41(22-34-12-14-38(76)15-13-34)70-57(88)50(58(4,5)6)71-44(77)17-19-89-28-35-10-8-11-36(21-35)29-90-30-43(52(60)83)68-45(78)20-32(2)74/h8,10-15,21,24,31-33,39-43,49-50,73-76H,7,9,16-20,22-23,25-30H2,1-6H3,(H2,59,82)(H2,60,83)(H,61,65)(H,62,79)(H,63,84)(H,64,87)(H,66,80)(H,67,81)(H,68,78)(H,69,85)(H,70,88)(H,71,77)(H,72,86)/t32-,33-,39+,40+,41+,42+,43+,49+,50?/m1/s1. The van der Waals surface area contributed by atoms with Gasteiger partial charge in [0.15, 0.2) is 0 Å². The summed E-state index contributed by atoms with van der Waals surface area (Å²) < 4.78 is 0. The number of aliphatic hydroxyl groups excluding tert-OH is 3. The SMILES string of the molecule is CCC[C@H](NC(=O)CNC(=O)[C@@H](NC(=O)[C@H](Cc1cnc[nH]1)NC(=O)[C@H](Cc1ccc(O)cc1)NC(=O)C(NC(=O)CCSCc1cccc(CSC[C@H](NC(=O)C[C@@H](C)O)C(N)=O)c1)C(C)(C)C)[C@@H](C)O)C(=O)NCC(=O)NCC(=O)N[C@@H](CCO)C(N)=O. The number of nitrogens with two attached hydrogens (primary N) is 2. The third-order valence-corrected chi connectivity index (χ3v) is 15.3. The quantitative estimate of drug-likeness (QED) is 0.0246. The zero-order valence-electron chi connectivity index (χ0n) is 51.2.